The highest BCUT2D eigenvalue weighted by atomic mass is 16.3. The average Bonchev–Trinajstić information content (AvgIpc) is 3.03. The van der Waals surface area contributed by atoms with Crippen LogP contribution in [0.2, 0.25) is 0 Å². The highest BCUT2D eigenvalue weighted by Gasteiger charge is 2.15. The molecule has 4 heteroatoms. The molecule has 1 unspecified atom stereocenters. The molecular formula is C17H19N3O. The molecule has 0 fully saturated rings. The number of phenolic OH excluding ortho intramolecular Hbond substituents is 1. The van der Waals surface area contributed by atoms with Crippen LogP contribution in [0.1, 0.15) is 17.2 Å². The van der Waals surface area contributed by atoms with Crippen molar-refractivity contribution in [3.8, 4) is 5.75 Å². The monoisotopic (exact) mass is 281 g/mol. The molecule has 0 radical (unpaired) electrons. The van der Waals surface area contributed by atoms with E-state index in [0.717, 1.165) is 25.5 Å². The van der Waals surface area contributed by atoms with Gasteiger partial charge in [-0.3, -0.25) is 4.99 Å². The number of guanidine groups is 1. The van der Waals surface area contributed by atoms with Crippen molar-refractivity contribution in [1.82, 2.24) is 10.6 Å². The number of aromatic hydroxyl groups is 1. The van der Waals surface area contributed by atoms with Crippen molar-refractivity contribution in [2.24, 2.45) is 4.99 Å². The summed E-state index contributed by atoms with van der Waals surface area (Å²) in [7, 11) is 0. The topological polar surface area (TPSA) is 56.6 Å². The molecule has 108 valence electrons. The van der Waals surface area contributed by atoms with Crippen LogP contribution in [0.4, 0.5) is 0 Å². The summed E-state index contributed by atoms with van der Waals surface area (Å²) in [6.45, 7) is 1.71. The van der Waals surface area contributed by atoms with Gasteiger partial charge in [-0.25, -0.2) is 0 Å². The zero-order valence-electron chi connectivity index (χ0n) is 11.8. The summed E-state index contributed by atoms with van der Waals surface area (Å²) in [6, 6.07) is 17.9. The number of hydrogen-bond donors (Lipinski definition) is 3. The van der Waals surface area contributed by atoms with Crippen LogP contribution in [-0.4, -0.2) is 24.2 Å². The molecule has 0 aliphatic carbocycles. The molecule has 2 aromatic rings. The van der Waals surface area contributed by atoms with Crippen molar-refractivity contribution in [1.29, 1.82) is 0 Å². The fourth-order valence-electron chi connectivity index (χ4n) is 2.46. The molecule has 3 rings (SSSR count). The molecule has 0 saturated carbocycles. The van der Waals surface area contributed by atoms with Crippen LogP contribution >= 0.6 is 0 Å². The second kappa shape index (κ2) is 6.31. The molecule has 1 atom stereocenters. The first-order valence-electron chi connectivity index (χ1n) is 7.19. The number of aliphatic imine (C=N–C) groups is 1. The van der Waals surface area contributed by atoms with Crippen molar-refractivity contribution in [2.75, 3.05) is 13.1 Å². The van der Waals surface area contributed by atoms with Gasteiger partial charge in [-0.2, -0.15) is 0 Å². The predicted molar refractivity (Wildman–Crippen MR) is 84.4 cm³/mol. The van der Waals surface area contributed by atoms with E-state index in [2.05, 4.69) is 27.8 Å². The summed E-state index contributed by atoms with van der Waals surface area (Å²) in [6.07, 6.45) is 0.838. The molecule has 0 bridgehead atoms. The quantitative estimate of drug-likeness (QED) is 0.805. The third-order valence-electron chi connectivity index (χ3n) is 3.56. The van der Waals surface area contributed by atoms with E-state index in [1.807, 2.05) is 30.3 Å². The Bertz CT molecular complexity index is 608. The Morgan fingerprint density at radius 2 is 1.86 bits per heavy atom. The molecule has 21 heavy (non-hydrogen) atoms. The van der Waals surface area contributed by atoms with Gasteiger partial charge in [0.25, 0.3) is 0 Å². The van der Waals surface area contributed by atoms with Gasteiger partial charge in [-0.15, -0.1) is 0 Å². The summed E-state index contributed by atoms with van der Waals surface area (Å²) >= 11 is 0. The van der Waals surface area contributed by atoms with E-state index in [4.69, 9.17) is 0 Å². The van der Waals surface area contributed by atoms with Gasteiger partial charge < -0.3 is 15.7 Å². The van der Waals surface area contributed by atoms with E-state index >= 15 is 0 Å². The third kappa shape index (κ3) is 3.54. The van der Waals surface area contributed by atoms with Crippen molar-refractivity contribution in [3.05, 3.63) is 65.7 Å². The fourth-order valence-corrected chi connectivity index (χ4v) is 2.46. The Hall–Kier alpha value is -2.49. The first-order valence-corrected chi connectivity index (χ1v) is 7.19. The lowest BCUT2D eigenvalue weighted by Gasteiger charge is -2.20. The van der Waals surface area contributed by atoms with Crippen molar-refractivity contribution < 1.29 is 5.11 Å². The first kappa shape index (κ1) is 13.5. The van der Waals surface area contributed by atoms with E-state index in [0.29, 0.717) is 5.75 Å². The number of hydrogen-bond acceptors (Lipinski definition) is 4. The molecule has 1 aliphatic heterocycles. The van der Waals surface area contributed by atoms with Crippen LogP contribution in [0, 0.1) is 0 Å². The summed E-state index contributed by atoms with van der Waals surface area (Å²) in [5.74, 6) is 1.16. The van der Waals surface area contributed by atoms with Gasteiger partial charge in [-0.1, -0.05) is 42.5 Å². The molecule has 2 aromatic carbocycles. The lowest BCUT2D eigenvalue weighted by atomic mass is 9.99. The van der Waals surface area contributed by atoms with E-state index in [1.54, 1.807) is 12.1 Å². The van der Waals surface area contributed by atoms with E-state index in [-0.39, 0.29) is 6.04 Å². The van der Waals surface area contributed by atoms with Crippen molar-refractivity contribution in [2.45, 2.75) is 12.5 Å². The van der Waals surface area contributed by atoms with Crippen LogP contribution in [0.3, 0.4) is 0 Å². The second-order valence-corrected chi connectivity index (χ2v) is 5.14. The van der Waals surface area contributed by atoms with E-state index in [9.17, 15) is 5.11 Å². The maximum absolute atomic E-state index is 9.39. The Labute approximate surface area is 124 Å². The Kier molecular flexibility index (Phi) is 4.05. The third-order valence-corrected chi connectivity index (χ3v) is 3.56. The van der Waals surface area contributed by atoms with Crippen molar-refractivity contribution >= 4 is 5.96 Å². The first-order chi connectivity index (χ1) is 10.3. The molecule has 0 aromatic heterocycles. The highest BCUT2D eigenvalue weighted by Crippen LogP contribution is 2.20. The van der Waals surface area contributed by atoms with Crippen LogP contribution in [0.15, 0.2) is 59.6 Å². The van der Waals surface area contributed by atoms with Crippen molar-refractivity contribution in [3.63, 3.8) is 0 Å². The van der Waals surface area contributed by atoms with E-state index < -0.39 is 0 Å². The maximum atomic E-state index is 9.39. The lowest BCUT2D eigenvalue weighted by molar-refractivity contribution is 0.475. The van der Waals surface area contributed by atoms with Crippen LogP contribution in [0.5, 0.6) is 5.75 Å². The zero-order chi connectivity index (χ0) is 14.5. The number of benzene rings is 2. The average molecular weight is 281 g/mol. The molecule has 0 saturated heterocycles. The molecule has 0 spiro atoms. The van der Waals surface area contributed by atoms with Crippen LogP contribution < -0.4 is 10.6 Å². The molecule has 1 heterocycles. The van der Waals surface area contributed by atoms with Gasteiger partial charge in [0.05, 0.1) is 12.6 Å². The fraction of sp³-hybridized carbons (Fsp3) is 0.235. The number of nitrogens with zero attached hydrogens (tertiary/aromatic N) is 1. The van der Waals surface area contributed by atoms with Gasteiger partial charge in [0.2, 0.25) is 0 Å². The maximum Gasteiger partial charge on any atom is 0.191 e. The van der Waals surface area contributed by atoms with Gasteiger partial charge in [0.15, 0.2) is 5.96 Å². The minimum atomic E-state index is 0.153. The number of phenols is 1. The van der Waals surface area contributed by atoms with E-state index in [1.165, 1.54) is 11.1 Å². The van der Waals surface area contributed by atoms with Gasteiger partial charge >= 0.3 is 0 Å². The van der Waals surface area contributed by atoms with Gasteiger partial charge in [0, 0.05) is 6.54 Å². The van der Waals surface area contributed by atoms with Crippen LogP contribution in [0.25, 0.3) is 0 Å². The normalized spacial score (nSPS) is 15.1. The summed E-state index contributed by atoms with van der Waals surface area (Å²) < 4.78 is 0. The number of rotatable bonds is 4. The minimum absolute atomic E-state index is 0.153. The molecule has 1 aliphatic rings. The standard InChI is InChI=1S/C17H19N3O/c21-15-8-6-13(7-9-15)12-16(14-4-2-1-3-5-14)20-17-18-10-11-19-17/h1-9,16,21H,10-12H2,(H2,18,19,20). The zero-order valence-corrected chi connectivity index (χ0v) is 11.8. The second-order valence-electron chi connectivity index (χ2n) is 5.14. The summed E-state index contributed by atoms with van der Waals surface area (Å²) in [5.41, 5.74) is 2.40. The summed E-state index contributed by atoms with van der Waals surface area (Å²) in [4.78, 5) is 4.41. The molecular weight excluding hydrogens is 262 g/mol. The van der Waals surface area contributed by atoms with Gasteiger partial charge in [0.1, 0.15) is 5.75 Å². The van der Waals surface area contributed by atoms with Crippen LogP contribution in [-0.2, 0) is 6.42 Å². The molecule has 0 amide bonds. The molecule has 3 N–H and O–H groups in total. The molecule has 4 nitrogen and oxygen atoms in total. The summed E-state index contributed by atoms with van der Waals surface area (Å²) in [5, 5.41) is 16.1. The number of nitrogens with one attached hydrogen (secondary N) is 2. The van der Waals surface area contributed by atoms with Gasteiger partial charge in [-0.05, 0) is 29.7 Å². The minimum Gasteiger partial charge on any atom is -0.508 e. The highest BCUT2D eigenvalue weighted by molar-refractivity contribution is 5.81. The predicted octanol–water partition coefficient (Wildman–Crippen LogP) is 2.22. The smallest absolute Gasteiger partial charge is 0.191 e. The Balaban J connectivity index is 1.79. The lowest BCUT2D eigenvalue weighted by Crippen LogP contribution is -2.37. The SMILES string of the molecule is Oc1ccc(CC(NC2=NCCN2)c2ccccc2)cc1. The largest absolute Gasteiger partial charge is 0.508 e. The Morgan fingerprint density at radius 3 is 2.52 bits per heavy atom. The Morgan fingerprint density at radius 1 is 1.10 bits per heavy atom.